The SMILES string of the molecule is COc1c(C)cc(C)cc1NCCCl. The van der Waals surface area contributed by atoms with Gasteiger partial charge in [0.05, 0.1) is 12.8 Å². The second-order valence-electron chi connectivity index (χ2n) is 3.28. The zero-order valence-electron chi connectivity index (χ0n) is 8.86. The Morgan fingerprint density at radius 1 is 1.36 bits per heavy atom. The first kappa shape index (κ1) is 11.2. The van der Waals surface area contributed by atoms with Gasteiger partial charge in [0.1, 0.15) is 5.75 Å². The predicted octanol–water partition coefficient (Wildman–Crippen LogP) is 2.96. The van der Waals surface area contributed by atoms with E-state index in [0.717, 1.165) is 23.5 Å². The molecular weight excluding hydrogens is 198 g/mol. The van der Waals surface area contributed by atoms with E-state index >= 15 is 0 Å². The van der Waals surface area contributed by atoms with E-state index < -0.39 is 0 Å². The highest BCUT2D eigenvalue weighted by Gasteiger charge is 2.06. The summed E-state index contributed by atoms with van der Waals surface area (Å²) in [7, 11) is 1.68. The van der Waals surface area contributed by atoms with Crippen LogP contribution in [-0.2, 0) is 0 Å². The number of methoxy groups -OCH3 is 1. The van der Waals surface area contributed by atoms with Crippen LogP contribution in [0.5, 0.6) is 5.75 Å². The van der Waals surface area contributed by atoms with Crippen molar-refractivity contribution >= 4 is 17.3 Å². The Morgan fingerprint density at radius 3 is 2.64 bits per heavy atom. The van der Waals surface area contributed by atoms with Crippen LogP contribution in [0.3, 0.4) is 0 Å². The van der Waals surface area contributed by atoms with Crippen LogP contribution in [0.25, 0.3) is 0 Å². The van der Waals surface area contributed by atoms with E-state index in [1.54, 1.807) is 7.11 Å². The highest BCUT2D eigenvalue weighted by Crippen LogP contribution is 2.29. The second-order valence-corrected chi connectivity index (χ2v) is 3.66. The molecule has 1 aromatic rings. The summed E-state index contributed by atoms with van der Waals surface area (Å²) in [4.78, 5) is 0. The zero-order chi connectivity index (χ0) is 10.6. The van der Waals surface area contributed by atoms with Gasteiger partial charge in [0.15, 0.2) is 0 Å². The van der Waals surface area contributed by atoms with Gasteiger partial charge in [0.2, 0.25) is 0 Å². The van der Waals surface area contributed by atoms with E-state index in [1.165, 1.54) is 5.56 Å². The van der Waals surface area contributed by atoms with Crippen molar-refractivity contribution in [3.8, 4) is 5.75 Å². The number of hydrogen-bond donors (Lipinski definition) is 1. The Morgan fingerprint density at radius 2 is 2.07 bits per heavy atom. The Hall–Kier alpha value is -0.890. The summed E-state index contributed by atoms with van der Waals surface area (Å²) in [6, 6.07) is 4.17. The van der Waals surface area contributed by atoms with E-state index in [4.69, 9.17) is 16.3 Å². The lowest BCUT2D eigenvalue weighted by Crippen LogP contribution is -2.05. The smallest absolute Gasteiger partial charge is 0.144 e. The molecule has 1 aromatic carbocycles. The standard InChI is InChI=1S/C11H16ClNO/c1-8-6-9(2)11(14-3)10(7-8)13-5-4-12/h6-7,13H,4-5H2,1-3H3. The van der Waals surface area contributed by atoms with Crippen molar-refractivity contribution in [2.24, 2.45) is 0 Å². The molecule has 14 heavy (non-hydrogen) atoms. The maximum absolute atomic E-state index is 5.62. The third kappa shape index (κ3) is 2.55. The van der Waals surface area contributed by atoms with Gasteiger partial charge >= 0.3 is 0 Å². The lowest BCUT2D eigenvalue weighted by Gasteiger charge is -2.13. The van der Waals surface area contributed by atoms with Crippen LogP contribution in [0.15, 0.2) is 12.1 Å². The van der Waals surface area contributed by atoms with Gasteiger partial charge in [-0.15, -0.1) is 11.6 Å². The molecule has 0 spiro atoms. The first-order valence-corrected chi connectivity index (χ1v) is 5.17. The maximum Gasteiger partial charge on any atom is 0.144 e. The number of anilines is 1. The van der Waals surface area contributed by atoms with Gasteiger partial charge < -0.3 is 10.1 Å². The van der Waals surface area contributed by atoms with Gasteiger partial charge in [-0.05, 0) is 31.0 Å². The van der Waals surface area contributed by atoms with E-state index in [2.05, 4.69) is 24.4 Å². The lowest BCUT2D eigenvalue weighted by molar-refractivity contribution is 0.413. The topological polar surface area (TPSA) is 21.3 Å². The number of hydrogen-bond acceptors (Lipinski definition) is 2. The number of halogens is 1. The summed E-state index contributed by atoms with van der Waals surface area (Å²) in [5.74, 6) is 1.50. The van der Waals surface area contributed by atoms with Gasteiger partial charge in [-0.1, -0.05) is 6.07 Å². The average Bonchev–Trinajstić information content (AvgIpc) is 2.14. The van der Waals surface area contributed by atoms with Crippen molar-refractivity contribution in [2.45, 2.75) is 13.8 Å². The fraction of sp³-hybridized carbons (Fsp3) is 0.455. The molecule has 3 heteroatoms. The Kier molecular flexibility index (Phi) is 4.08. The third-order valence-corrected chi connectivity index (χ3v) is 2.22. The maximum atomic E-state index is 5.62. The second kappa shape index (κ2) is 5.11. The fourth-order valence-electron chi connectivity index (χ4n) is 1.54. The largest absolute Gasteiger partial charge is 0.494 e. The molecule has 1 rings (SSSR count). The van der Waals surface area contributed by atoms with Crippen LogP contribution in [-0.4, -0.2) is 19.5 Å². The van der Waals surface area contributed by atoms with Crippen LogP contribution in [0.1, 0.15) is 11.1 Å². The van der Waals surface area contributed by atoms with Crippen LogP contribution < -0.4 is 10.1 Å². The monoisotopic (exact) mass is 213 g/mol. The number of ether oxygens (including phenoxy) is 1. The molecule has 0 aromatic heterocycles. The summed E-state index contributed by atoms with van der Waals surface area (Å²) in [5.41, 5.74) is 3.38. The summed E-state index contributed by atoms with van der Waals surface area (Å²) in [6.07, 6.45) is 0. The van der Waals surface area contributed by atoms with Crippen molar-refractivity contribution in [1.29, 1.82) is 0 Å². The minimum absolute atomic E-state index is 0.593. The molecule has 0 aliphatic heterocycles. The van der Waals surface area contributed by atoms with Crippen LogP contribution in [0, 0.1) is 13.8 Å². The molecule has 78 valence electrons. The normalized spacial score (nSPS) is 10.0. The number of nitrogens with one attached hydrogen (secondary N) is 1. The lowest BCUT2D eigenvalue weighted by atomic mass is 10.1. The molecule has 0 saturated carbocycles. The minimum atomic E-state index is 0.593. The highest BCUT2D eigenvalue weighted by atomic mass is 35.5. The molecule has 0 aliphatic rings. The first-order valence-electron chi connectivity index (χ1n) is 4.64. The molecule has 2 nitrogen and oxygen atoms in total. The molecule has 0 saturated heterocycles. The summed E-state index contributed by atoms with van der Waals surface area (Å²) >= 11 is 5.62. The molecule has 0 amide bonds. The van der Waals surface area contributed by atoms with Crippen molar-refractivity contribution in [3.63, 3.8) is 0 Å². The molecule has 0 unspecified atom stereocenters. The average molecular weight is 214 g/mol. The Labute approximate surface area is 90.2 Å². The van der Waals surface area contributed by atoms with Crippen LogP contribution in [0.2, 0.25) is 0 Å². The molecule has 0 aliphatic carbocycles. The van der Waals surface area contributed by atoms with Crippen molar-refractivity contribution in [1.82, 2.24) is 0 Å². The fourth-order valence-corrected chi connectivity index (χ4v) is 1.63. The van der Waals surface area contributed by atoms with Crippen molar-refractivity contribution in [3.05, 3.63) is 23.3 Å². The zero-order valence-corrected chi connectivity index (χ0v) is 9.61. The third-order valence-electron chi connectivity index (χ3n) is 2.03. The summed E-state index contributed by atoms with van der Waals surface area (Å²) < 4.78 is 5.32. The van der Waals surface area contributed by atoms with Gasteiger partial charge in [-0.3, -0.25) is 0 Å². The first-order chi connectivity index (χ1) is 6.69. The Bertz CT molecular complexity index is 312. The van der Waals surface area contributed by atoms with Gasteiger partial charge in [0, 0.05) is 12.4 Å². The number of rotatable bonds is 4. The number of alkyl halides is 1. The molecule has 0 fully saturated rings. The minimum Gasteiger partial charge on any atom is -0.494 e. The van der Waals surface area contributed by atoms with Crippen molar-refractivity contribution < 1.29 is 4.74 Å². The van der Waals surface area contributed by atoms with E-state index in [9.17, 15) is 0 Å². The molecule has 0 heterocycles. The van der Waals surface area contributed by atoms with E-state index in [1.807, 2.05) is 6.92 Å². The van der Waals surface area contributed by atoms with E-state index in [0.29, 0.717) is 5.88 Å². The number of benzene rings is 1. The predicted molar refractivity (Wildman–Crippen MR) is 61.7 cm³/mol. The Balaban J connectivity index is 2.99. The van der Waals surface area contributed by atoms with Crippen molar-refractivity contribution in [2.75, 3.05) is 24.9 Å². The molecule has 1 N–H and O–H groups in total. The van der Waals surface area contributed by atoms with E-state index in [-0.39, 0.29) is 0 Å². The molecule has 0 atom stereocenters. The van der Waals surface area contributed by atoms with Gasteiger partial charge in [-0.2, -0.15) is 0 Å². The quantitative estimate of drug-likeness (QED) is 0.777. The van der Waals surface area contributed by atoms with Crippen LogP contribution >= 0.6 is 11.6 Å². The summed E-state index contributed by atoms with van der Waals surface area (Å²) in [6.45, 7) is 4.86. The van der Waals surface area contributed by atoms with Gasteiger partial charge in [-0.25, -0.2) is 0 Å². The van der Waals surface area contributed by atoms with Gasteiger partial charge in [0.25, 0.3) is 0 Å². The highest BCUT2D eigenvalue weighted by molar-refractivity contribution is 6.18. The summed E-state index contributed by atoms with van der Waals surface area (Å²) in [5, 5.41) is 3.24. The molecule has 0 radical (unpaired) electrons. The molecular formula is C11H16ClNO. The molecule has 0 bridgehead atoms. The number of aryl methyl sites for hydroxylation is 2. The van der Waals surface area contributed by atoms with Crippen LogP contribution in [0.4, 0.5) is 5.69 Å².